The van der Waals surface area contributed by atoms with Crippen molar-refractivity contribution < 1.29 is 14.0 Å². The summed E-state index contributed by atoms with van der Waals surface area (Å²) in [4.78, 5) is 4.09. The van der Waals surface area contributed by atoms with Crippen LogP contribution in [0.4, 0.5) is 0 Å². The maximum Gasteiger partial charge on any atom is 0.264 e. The van der Waals surface area contributed by atoms with E-state index >= 15 is 0 Å². The Balaban J connectivity index is 1.86. The highest BCUT2D eigenvalue weighted by Gasteiger charge is 2.07. The zero-order valence-electron chi connectivity index (χ0n) is 12.1. The molecule has 0 fully saturated rings. The van der Waals surface area contributed by atoms with Crippen molar-refractivity contribution in [2.45, 2.75) is 20.1 Å². The summed E-state index contributed by atoms with van der Waals surface area (Å²) in [5, 5.41) is 7.01. The van der Waals surface area contributed by atoms with Gasteiger partial charge in [-0.3, -0.25) is 0 Å². The van der Waals surface area contributed by atoms with Gasteiger partial charge in [0, 0.05) is 20.2 Å². The van der Waals surface area contributed by atoms with Gasteiger partial charge in [-0.15, -0.1) is 0 Å². The topological polar surface area (TPSA) is 69.4 Å². The third-order valence-electron chi connectivity index (χ3n) is 2.73. The Labute approximate surface area is 132 Å². The second-order valence-electron chi connectivity index (χ2n) is 4.46. The van der Waals surface area contributed by atoms with E-state index < -0.39 is 0 Å². The summed E-state index contributed by atoms with van der Waals surface area (Å²) in [6.07, 6.45) is 0. The average Bonchev–Trinajstić information content (AvgIpc) is 2.88. The average molecular weight is 356 g/mol. The molecule has 2 rings (SSSR count). The van der Waals surface area contributed by atoms with Gasteiger partial charge in [0.2, 0.25) is 0 Å². The maximum atomic E-state index is 5.65. The molecule has 0 amide bonds. The molecule has 0 saturated heterocycles. The molecule has 6 nitrogen and oxygen atoms in total. The van der Waals surface area contributed by atoms with Crippen molar-refractivity contribution >= 4 is 15.9 Å². The van der Waals surface area contributed by atoms with Gasteiger partial charge in [-0.1, -0.05) is 11.2 Å². The summed E-state index contributed by atoms with van der Waals surface area (Å²) in [5.41, 5.74) is 1.17. The highest BCUT2D eigenvalue weighted by atomic mass is 79.9. The van der Waals surface area contributed by atoms with E-state index in [1.165, 1.54) is 5.56 Å². The summed E-state index contributed by atoms with van der Waals surface area (Å²) in [6, 6.07) is 5.95. The summed E-state index contributed by atoms with van der Waals surface area (Å²) in [7, 11) is 1.69. The number of hydrogen-bond donors (Lipinski definition) is 1. The molecule has 21 heavy (non-hydrogen) atoms. The molecule has 7 heteroatoms. The number of benzene rings is 1. The smallest absolute Gasteiger partial charge is 0.264 e. The lowest BCUT2D eigenvalue weighted by atomic mass is 10.2. The lowest BCUT2D eigenvalue weighted by Crippen LogP contribution is -2.18. The predicted molar refractivity (Wildman–Crippen MR) is 81.1 cm³/mol. The van der Waals surface area contributed by atoms with Crippen LogP contribution >= 0.6 is 15.9 Å². The van der Waals surface area contributed by atoms with Gasteiger partial charge in [-0.2, -0.15) is 4.98 Å². The van der Waals surface area contributed by atoms with Crippen LogP contribution in [0.2, 0.25) is 0 Å². The van der Waals surface area contributed by atoms with Gasteiger partial charge < -0.3 is 19.3 Å². The van der Waals surface area contributed by atoms with E-state index in [1.807, 2.05) is 18.2 Å². The van der Waals surface area contributed by atoms with Crippen LogP contribution in [0.5, 0.6) is 5.75 Å². The van der Waals surface area contributed by atoms with Gasteiger partial charge in [0.15, 0.2) is 12.4 Å². The molecule has 0 aliphatic heterocycles. The van der Waals surface area contributed by atoms with Crippen LogP contribution < -0.4 is 10.1 Å². The largest absolute Gasteiger partial charge is 0.483 e. The number of aromatic nitrogens is 2. The van der Waals surface area contributed by atoms with Crippen LogP contribution in [0.15, 0.2) is 27.2 Å². The quantitative estimate of drug-likeness (QED) is 0.733. The Morgan fingerprint density at radius 1 is 1.38 bits per heavy atom. The van der Waals surface area contributed by atoms with E-state index in [-0.39, 0.29) is 6.61 Å². The van der Waals surface area contributed by atoms with Crippen molar-refractivity contribution in [1.29, 1.82) is 0 Å². The zero-order chi connectivity index (χ0) is 15.1. The van der Waals surface area contributed by atoms with E-state index in [4.69, 9.17) is 14.0 Å². The SMILES string of the molecule is COCCNCc1ccc(OCc2nc(C)no2)c(Br)c1. The number of aryl methyl sites for hydroxylation is 1. The minimum atomic E-state index is 0.255. The molecular formula is C14H18BrN3O3. The van der Waals surface area contributed by atoms with Crippen molar-refractivity contribution in [3.05, 3.63) is 40.0 Å². The number of halogens is 1. The monoisotopic (exact) mass is 355 g/mol. The first kappa shape index (κ1) is 15.9. The van der Waals surface area contributed by atoms with Gasteiger partial charge in [0.1, 0.15) is 5.75 Å². The highest BCUT2D eigenvalue weighted by molar-refractivity contribution is 9.10. The van der Waals surface area contributed by atoms with Crippen LogP contribution in [0.1, 0.15) is 17.3 Å². The van der Waals surface area contributed by atoms with E-state index in [1.54, 1.807) is 14.0 Å². The first-order valence-corrected chi connectivity index (χ1v) is 7.38. The Bertz CT molecular complexity index is 574. The fraction of sp³-hybridized carbons (Fsp3) is 0.429. The minimum absolute atomic E-state index is 0.255. The molecule has 0 spiro atoms. The van der Waals surface area contributed by atoms with Crippen LogP contribution in [0, 0.1) is 6.92 Å². The molecule has 2 aromatic rings. The molecule has 0 aliphatic carbocycles. The van der Waals surface area contributed by atoms with Gasteiger partial charge in [0.05, 0.1) is 11.1 Å². The Morgan fingerprint density at radius 2 is 2.24 bits per heavy atom. The Kier molecular flexibility index (Phi) is 6.16. The number of ether oxygens (including phenoxy) is 2. The fourth-order valence-corrected chi connectivity index (χ4v) is 2.26. The van der Waals surface area contributed by atoms with E-state index in [0.717, 1.165) is 23.3 Å². The Hall–Kier alpha value is -1.44. The van der Waals surface area contributed by atoms with Crippen molar-refractivity contribution in [2.24, 2.45) is 0 Å². The van der Waals surface area contributed by atoms with Crippen molar-refractivity contribution in [3.63, 3.8) is 0 Å². The van der Waals surface area contributed by atoms with Crippen molar-refractivity contribution in [1.82, 2.24) is 15.5 Å². The molecule has 1 N–H and O–H groups in total. The number of hydrogen-bond acceptors (Lipinski definition) is 6. The molecule has 0 bridgehead atoms. The van der Waals surface area contributed by atoms with Crippen LogP contribution in [-0.2, 0) is 17.9 Å². The lowest BCUT2D eigenvalue weighted by molar-refractivity contribution is 0.199. The molecule has 1 aromatic carbocycles. The van der Waals surface area contributed by atoms with Crippen LogP contribution in [0.25, 0.3) is 0 Å². The summed E-state index contributed by atoms with van der Waals surface area (Å²) >= 11 is 3.50. The van der Waals surface area contributed by atoms with E-state index in [2.05, 4.69) is 31.4 Å². The van der Waals surface area contributed by atoms with Crippen LogP contribution in [-0.4, -0.2) is 30.4 Å². The lowest BCUT2D eigenvalue weighted by Gasteiger charge is -2.09. The second-order valence-corrected chi connectivity index (χ2v) is 5.31. The summed E-state index contributed by atoms with van der Waals surface area (Å²) < 4.78 is 16.5. The zero-order valence-corrected chi connectivity index (χ0v) is 13.6. The standard InChI is InChI=1S/C14H18BrN3O3/c1-10-17-14(21-18-10)9-20-13-4-3-11(7-12(13)15)8-16-5-6-19-2/h3-4,7,16H,5-6,8-9H2,1-2H3. The molecule has 0 aliphatic rings. The van der Waals surface area contributed by atoms with Gasteiger partial charge in [-0.05, 0) is 40.5 Å². The second kappa shape index (κ2) is 8.11. The van der Waals surface area contributed by atoms with E-state index in [9.17, 15) is 0 Å². The van der Waals surface area contributed by atoms with Gasteiger partial charge in [-0.25, -0.2) is 0 Å². The first-order chi connectivity index (χ1) is 10.2. The third kappa shape index (κ3) is 5.11. The third-order valence-corrected chi connectivity index (χ3v) is 3.35. The molecule has 0 atom stereocenters. The van der Waals surface area contributed by atoms with Crippen molar-refractivity contribution in [2.75, 3.05) is 20.3 Å². The number of nitrogens with zero attached hydrogens (tertiary/aromatic N) is 2. The molecule has 1 heterocycles. The summed E-state index contributed by atoms with van der Waals surface area (Å²) in [6.45, 7) is 4.33. The number of methoxy groups -OCH3 is 1. The van der Waals surface area contributed by atoms with E-state index in [0.29, 0.717) is 18.3 Å². The molecule has 0 unspecified atom stereocenters. The molecule has 1 aromatic heterocycles. The minimum Gasteiger partial charge on any atom is -0.483 e. The van der Waals surface area contributed by atoms with Gasteiger partial charge in [0.25, 0.3) is 5.89 Å². The first-order valence-electron chi connectivity index (χ1n) is 6.59. The van der Waals surface area contributed by atoms with Gasteiger partial charge >= 0.3 is 0 Å². The predicted octanol–water partition coefficient (Wildman–Crippen LogP) is 2.46. The Morgan fingerprint density at radius 3 is 2.90 bits per heavy atom. The molecule has 114 valence electrons. The van der Waals surface area contributed by atoms with Crippen molar-refractivity contribution in [3.8, 4) is 5.75 Å². The fourth-order valence-electron chi connectivity index (χ4n) is 1.72. The molecular weight excluding hydrogens is 338 g/mol. The normalized spacial score (nSPS) is 10.8. The maximum absolute atomic E-state index is 5.65. The highest BCUT2D eigenvalue weighted by Crippen LogP contribution is 2.26. The summed E-state index contributed by atoms with van der Waals surface area (Å²) in [5.74, 6) is 1.81. The molecule has 0 saturated carbocycles. The van der Waals surface area contributed by atoms with Crippen LogP contribution in [0.3, 0.4) is 0 Å². The number of nitrogens with one attached hydrogen (secondary N) is 1. The number of rotatable bonds is 8. The molecule has 0 radical (unpaired) electrons.